The summed E-state index contributed by atoms with van der Waals surface area (Å²) in [5.74, 6) is -0.155. The second kappa shape index (κ2) is 5.93. The number of hydrogen-bond acceptors (Lipinski definition) is 4. The molecule has 138 valence electrons. The first-order valence-electron chi connectivity index (χ1n) is 7.91. The Hall–Kier alpha value is -1.25. The van der Waals surface area contributed by atoms with Crippen molar-refractivity contribution in [1.29, 1.82) is 0 Å². The lowest BCUT2D eigenvalue weighted by Crippen LogP contribution is -2.44. The van der Waals surface area contributed by atoms with Gasteiger partial charge in [-0.05, 0) is 38.2 Å². The van der Waals surface area contributed by atoms with Gasteiger partial charge in [-0.2, -0.15) is 21.6 Å². The third kappa shape index (κ3) is 2.91. The Morgan fingerprint density at radius 3 is 2.25 bits per heavy atom. The van der Waals surface area contributed by atoms with Crippen molar-refractivity contribution in [3.05, 3.63) is 11.8 Å². The normalized spacial score (nSPS) is 27.5. The summed E-state index contributed by atoms with van der Waals surface area (Å²) in [6.07, 6.45) is 4.12. The first-order chi connectivity index (χ1) is 10.9. The molecule has 0 saturated carbocycles. The van der Waals surface area contributed by atoms with E-state index >= 15 is 0 Å². The van der Waals surface area contributed by atoms with Gasteiger partial charge in [0.15, 0.2) is 0 Å². The van der Waals surface area contributed by atoms with Crippen molar-refractivity contribution in [3.8, 4) is 0 Å². The number of allylic oxidation sites excluding steroid dienone is 1. The smallest absolute Gasteiger partial charge is 0.381 e. The molecule has 1 unspecified atom stereocenters. The quantitative estimate of drug-likeness (QED) is 0.563. The second-order valence-corrected chi connectivity index (χ2v) is 8.15. The van der Waals surface area contributed by atoms with Crippen LogP contribution in [0.15, 0.2) is 11.8 Å². The van der Waals surface area contributed by atoms with Crippen LogP contribution in [0.2, 0.25) is 0 Å². The standard InChI is InChI=1S/C15H22F3NO4S/c1-4-13(5-2)10-14(19(3)12(13)20)8-6-11(7-9-14)23-24(21,22)15(16,17)18/h6H,4-5,7-10H2,1-3H3. The molecule has 1 aliphatic carbocycles. The largest absolute Gasteiger partial charge is 0.534 e. The van der Waals surface area contributed by atoms with Crippen molar-refractivity contribution in [2.45, 2.75) is 63.4 Å². The van der Waals surface area contributed by atoms with E-state index in [4.69, 9.17) is 0 Å². The second-order valence-electron chi connectivity index (χ2n) is 6.61. The molecule has 24 heavy (non-hydrogen) atoms. The molecule has 5 nitrogen and oxygen atoms in total. The van der Waals surface area contributed by atoms with Gasteiger partial charge in [0.25, 0.3) is 0 Å². The molecule has 0 radical (unpaired) electrons. The third-order valence-corrected chi connectivity index (χ3v) is 6.54. The Balaban J connectivity index is 2.20. The Labute approximate surface area is 140 Å². The molecule has 0 aromatic rings. The van der Waals surface area contributed by atoms with Gasteiger partial charge in [-0.3, -0.25) is 4.79 Å². The SMILES string of the molecule is CCC1(CC)CC2(CC=C(OS(=O)(=O)C(F)(F)F)CC2)N(C)C1=O. The van der Waals surface area contributed by atoms with Crippen molar-refractivity contribution in [2.24, 2.45) is 5.41 Å². The zero-order valence-electron chi connectivity index (χ0n) is 13.9. The van der Waals surface area contributed by atoms with E-state index in [1.165, 1.54) is 6.08 Å². The average Bonchev–Trinajstić information content (AvgIpc) is 2.71. The van der Waals surface area contributed by atoms with Gasteiger partial charge in [0.05, 0.1) is 5.41 Å². The van der Waals surface area contributed by atoms with Crippen LogP contribution in [0.5, 0.6) is 0 Å². The van der Waals surface area contributed by atoms with Gasteiger partial charge < -0.3 is 9.08 Å². The van der Waals surface area contributed by atoms with Crippen molar-refractivity contribution in [2.75, 3.05) is 7.05 Å². The maximum absolute atomic E-state index is 12.6. The predicted octanol–water partition coefficient (Wildman–Crippen LogP) is 3.33. The summed E-state index contributed by atoms with van der Waals surface area (Å²) < 4.78 is 63.6. The maximum Gasteiger partial charge on any atom is 0.534 e. The fourth-order valence-corrected chi connectivity index (χ4v) is 4.32. The number of hydrogen-bond donors (Lipinski definition) is 0. The van der Waals surface area contributed by atoms with Gasteiger partial charge in [0, 0.05) is 19.0 Å². The molecule has 0 aromatic carbocycles. The predicted molar refractivity (Wildman–Crippen MR) is 81.1 cm³/mol. The molecule has 1 aliphatic heterocycles. The summed E-state index contributed by atoms with van der Waals surface area (Å²) in [6.45, 7) is 3.91. The highest BCUT2D eigenvalue weighted by Gasteiger charge is 2.56. The van der Waals surface area contributed by atoms with E-state index in [9.17, 15) is 26.4 Å². The minimum atomic E-state index is -5.64. The average molecular weight is 369 g/mol. The van der Waals surface area contributed by atoms with E-state index in [2.05, 4.69) is 4.18 Å². The van der Waals surface area contributed by atoms with Crippen LogP contribution in [0.1, 0.15) is 52.4 Å². The lowest BCUT2D eigenvalue weighted by Gasteiger charge is -2.38. The lowest BCUT2D eigenvalue weighted by molar-refractivity contribution is -0.137. The number of halogens is 3. The first kappa shape index (κ1) is 19.1. The van der Waals surface area contributed by atoms with Gasteiger partial charge in [0.1, 0.15) is 5.76 Å². The molecule has 1 spiro atoms. The van der Waals surface area contributed by atoms with Gasteiger partial charge in [-0.25, -0.2) is 0 Å². The summed E-state index contributed by atoms with van der Waals surface area (Å²) in [6, 6.07) is 0. The van der Waals surface area contributed by atoms with E-state index in [1.807, 2.05) is 13.8 Å². The number of carbonyl (C=O) groups is 1. The Kier molecular flexibility index (Phi) is 4.71. The van der Waals surface area contributed by atoms with Crippen LogP contribution < -0.4 is 0 Å². The molecule has 2 rings (SSSR count). The van der Waals surface area contributed by atoms with Gasteiger partial charge >= 0.3 is 15.6 Å². The van der Waals surface area contributed by atoms with Crippen LogP contribution in [0.3, 0.4) is 0 Å². The molecule has 1 amide bonds. The molecular weight excluding hydrogens is 347 g/mol. The molecule has 1 fully saturated rings. The summed E-state index contributed by atoms with van der Waals surface area (Å²) in [7, 11) is -3.93. The maximum atomic E-state index is 12.6. The summed E-state index contributed by atoms with van der Waals surface area (Å²) >= 11 is 0. The minimum absolute atomic E-state index is 0.0492. The number of nitrogens with zero attached hydrogens (tertiary/aromatic N) is 1. The van der Waals surface area contributed by atoms with Crippen LogP contribution >= 0.6 is 0 Å². The summed E-state index contributed by atoms with van der Waals surface area (Å²) in [5.41, 5.74) is -6.36. The molecule has 9 heteroatoms. The number of rotatable bonds is 4. The highest BCUT2D eigenvalue weighted by Crippen LogP contribution is 2.52. The van der Waals surface area contributed by atoms with E-state index in [1.54, 1.807) is 11.9 Å². The molecule has 1 heterocycles. The van der Waals surface area contributed by atoms with Crippen LogP contribution in [0, 0.1) is 5.41 Å². The van der Waals surface area contributed by atoms with Gasteiger partial charge in [-0.15, -0.1) is 0 Å². The first-order valence-corrected chi connectivity index (χ1v) is 9.32. The number of likely N-dealkylation sites (tertiary alicyclic amines) is 1. The van der Waals surface area contributed by atoms with Crippen LogP contribution in [-0.2, 0) is 19.1 Å². The van der Waals surface area contributed by atoms with Crippen LogP contribution in [0.4, 0.5) is 13.2 Å². The molecule has 2 aliphatic rings. The molecule has 1 atom stereocenters. The lowest BCUT2D eigenvalue weighted by atomic mass is 9.72. The number of amides is 1. The van der Waals surface area contributed by atoms with Crippen molar-refractivity contribution in [3.63, 3.8) is 0 Å². The minimum Gasteiger partial charge on any atom is -0.381 e. The highest BCUT2D eigenvalue weighted by molar-refractivity contribution is 7.87. The Morgan fingerprint density at radius 1 is 1.29 bits per heavy atom. The molecule has 0 bridgehead atoms. The molecular formula is C15H22F3NO4S. The third-order valence-electron chi connectivity index (χ3n) is 5.54. The van der Waals surface area contributed by atoms with E-state index in [0.29, 0.717) is 32.1 Å². The zero-order chi connectivity index (χ0) is 18.4. The van der Waals surface area contributed by atoms with Crippen molar-refractivity contribution in [1.82, 2.24) is 4.90 Å². The monoisotopic (exact) mass is 369 g/mol. The number of alkyl halides is 3. The fourth-order valence-electron chi connectivity index (χ4n) is 3.79. The molecule has 1 saturated heterocycles. The fraction of sp³-hybridized carbons (Fsp3) is 0.800. The zero-order valence-corrected chi connectivity index (χ0v) is 14.8. The Morgan fingerprint density at radius 2 is 1.88 bits per heavy atom. The highest BCUT2D eigenvalue weighted by atomic mass is 32.2. The van der Waals surface area contributed by atoms with E-state index < -0.39 is 26.6 Å². The summed E-state index contributed by atoms with van der Waals surface area (Å²) in [5, 5.41) is 0. The molecule has 0 aromatic heterocycles. The van der Waals surface area contributed by atoms with Crippen molar-refractivity contribution >= 4 is 16.0 Å². The van der Waals surface area contributed by atoms with E-state index in [0.717, 1.165) is 0 Å². The Bertz CT molecular complexity index is 652. The van der Waals surface area contributed by atoms with Crippen molar-refractivity contribution < 1.29 is 30.6 Å². The van der Waals surface area contributed by atoms with Crippen LogP contribution in [-0.4, -0.2) is 37.3 Å². The number of carbonyl (C=O) groups excluding carboxylic acids is 1. The molecule has 0 N–H and O–H groups in total. The van der Waals surface area contributed by atoms with Gasteiger partial charge in [0.2, 0.25) is 5.91 Å². The van der Waals surface area contributed by atoms with Gasteiger partial charge in [-0.1, -0.05) is 13.8 Å². The summed E-state index contributed by atoms with van der Waals surface area (Å²) in [4.78, 5) is 14.3. The van der Waals surface area contributed by atoms with Crippen LogP contribution in [0.25, 0.3) is 0 Å². The topological polar surface area (TPSA) is 63.7 Å². The van der Waals surface area contributed by atoms with E-state index in [-0.39, 0.29) is 18.1 Å².